The van der Waals surface area contributed by atoms with Crippen LogP contribution in [0.4, 0.5) is 5.69 Å². The van der Waals surface area contributed by atoms with Crippen LogP contribution in [0.1, 0.15) is 20.8 Å². The molecule has 0 aliphatic carbocycles. The first kappa shape index (κ1) is 12.6. The highest BCUT2D eigenvalue weighted by Crippen LogP contribution is 2.34. The third-order valence-electron chi connectivity index (χ3n) is 2.40. The van der Waals surface area contributed by atoms with E-state index in [1.807, 2.05) is 19.1 Å². The molecule has 2 rings (SSSR count). The molecule has 0 saturated carbocycles. The number of rotatable bonds is 2. The first-order chi connectivity index (χ1) is 8.00. The minimum Gasteiger partial charge on any atom is -0.398 e. The SMILES string of the molecule is Cc1cccc(N)c1C(=O)c1cc(Br)c(Cl)s1. The van der Waals surface area contributed by atoms with E-state index in [1.54, 1.807) is 12.1 Å². The van der Waals surface area contributed by atoms with Crippen LogP contribution in [0.5, 0.6) is 0 Å². The van der Waals surface area contributed by atoms with Crippen LogP contribution in [0.15, 0.2) is 28.7 Å². The Morgan fingerprint density at radius 1 is 1.47 bits per heavy atom. The summed E-state index contributed by atoms with van der Waals surface area (Å²) in [6, 6.07) is 7.15. The van der Waals surface area contributed by atoms with Crippen molar-refractivity contribution < 1.29 is 4.79 Å². The fourth-order valence-electron chi connectivity index (χ4n) is 1.58. The van der Waals surface area contributed by atoms with Crippen molar-refractivity contribution in [1.29, 1.82) is 0 Å². The highest BCUT2D eigenvalue weighted by Gasteiger charge is 2.18. The summed E-state index contributed by atoms with van der Waals surface area (Å²) >= 11 is 10.5. The predicted octanol–water partition coefficient (Wildman–Crippen LogP) is 4.29. The second kappa shape index (κ2) is 4.80. The molecule has 1 aromatic heterocycles. The van der Waals surface area contributed by atoms with Gasteiger partial charge in [0, 0.05) is 15.7 Å². The minimum atomic E-state index is -0.0850. The number of carbonyl (C=O) groups excluding carboxylic acids is 1. The quantitative estimate of drug-likeness (QED) is 0.659. The van der Waals surface area contributed by atoms with Crippen molar-refractivity contribution >= 4 is 50.3 Å². The molecule has 2 nitrogen and oxygen atoms in total. The Kier molecular flexibility index (Phi) is 3.56. The van der Waals surface area contributed by atoms with Gasteiger partial charge in [0.25, 0.3) is 0 Å². The van der Waals surface area contributed by atoms with E-state index < -0.39 is 0 Å². The first-order valence-corrected chi connectivity index (χ1v) is 6.84. The van der Waals surface area contributed by atoms with E-state index in [2.05, 4.69) is 15.9 Å². The standard InChI is InChI=1S/C12H9BrClNOS/c1-6-3-2-4-8(15)10(6)11(16)9-5-7(13)12(14)17-9/h2-5H,15H2,1H3. The zero-order chi connectivity index (χ0) is 12.6. The number of nitrogen functional groups attached to an aromatic ring is 1. The van der Waals surface area contributed by atoms with Crippen LogP contribution in [-0.4, -0.2) is 5.78 Å². The Labute approximate surface area is 117 Å². The van der Waals surface area contributed by atoms with Crippen molar-refractivity contribution in [1.82, 2.24) is 0 Å². The molecule has 1 heterocycles. The number of anilines is 1. The van der Waals surface area contributed by atoms with Gasteiger partial charge in [0.05, 0.1) is 4.88 Å². The summed E-state index contributed by atoms with van der Waals surface area (Å²) in [4.78, 5) is 12.9. The monoisotopic (exact) mass is 329 g/mol. The van der Waals surface area contributed by atoms with Crippen LogP contribution in [-0.2, 0) is 0 Å². The predicted molar refractivity (Wildman–Crippen MR) is 76.1 cm³/mol. The van der Waals surface area contributed by atoms with Gasteiger partial charge in [-0.3, -0.25) is 4.79 Å². The van der Waals surface area contributed by atoms with Crippen LogP contribution in [0.25, 0.3) is 0 Å². The topological polar surface area (TPSA) is 43.1 Å². The van der Waals surface area contributed by atoms with E-state index in [1.165, 1.54) is 11.3 Å². The average molecular weight is 331 g/mol. The number of benzene rings is 1. The van der Waals surface area contributed by atoms with E-state index in [-0.39, 0.29) is 5.78 Å². The molecule has 0 fully saturated rings. The molecule has 1 aromatic carbocycles. The molecule has 0 radical (unpaired) electrons. The number of ketones is 1. The Morgan fingerprint density at radius 2 is 2.18 bits per heavy atom. The number of aryl methyl sites for hydroxylation is 1. The normalized spacial score (nSPS) is 10.5. The number of carbonyl (C=O) groups is 1. The summed E-state index contributed by atoms with van der Waals surface area (Å²) in [6.45, 7) is 1.87. The molecule has 2 aromatic rings. The number of nitrogens with two attached hydrogens (primary N) is 1. The van der Waals surface area contributed by atoms with Crippen LogP contribution in [0, 0.1) is 6.92 Å². The van der Waals surface area contributed by atoms with Crippen molar-refractivity contribution in [3.63, 3.8) is 0 Å². The molecule has 0 unspecified atom stereocenters. The Balaban J connectivity index is 2.51. The molecular formula is C12H9BrClNOS. The third kappa shape index (κ3) is 2.39. The molecule has 17 heavy (non-hydrogen) atoms. The van der Waals surface area contributed by atoms with Crippen LogP contribution in [0.2, 0.25) is 4.34 Å². The van der Waals surface area contributed by atoms with Crippen molar-refractivity contribution in [2.24, 2.45) is 0 Å². The van der Waals surface area contributed by atoms with Crippen molar-refractivity contribution in [2.75, 3.05) is 5.73 Å². The lowest BCUT2D eigenvalue weighted by Gasteiger charge is -2.06. The van der Waals surface area contributed by atoms with E-state index in [9.17, 15) is 4.79 Å². The van der Waals surface area contributed by atoms with Crippen molar-refractivity contribution in [3.05, 3.63) is 49.1 Å². The van der Waals surface area contributed by atoms with Crippen LogP contribution < -0.4 is 5.73 Å². The number of thiophene rings is 1. The zero-order valence-electron chi connectivity index (χ0n) is 8.96. The Hall–Kier alpha value is -0.840. The summed E-state index contributed by atoms with van der Waals surface area (Å²) in [6.07, 6.45) is 0. The van der Waals surface area contributed by atoms with Crippen LogP contribution in [0.3, 0.4) is 0 Å². The molecule has 0 amide bonds. The first-order valence-electron chi connectivity index (χ1n) is 4.85. The summed E-state index contributed by atoms with van der Waals surface area (Å²) < 4.78 is 1.31. The molecule has 0 spiro atoms. The minimum absolute atomic E-state index is 0.0850. The van der Waals surface area contributed by atoms with Crippen molar-refractivity contribution in [3.8, 4) is 0 Å². The molecule has 0 aliphatic rings. The second-order valence-electron chi connectivity index (χ2n) is 3.60. The molecule has 88 valence electrons. The lowest BCUT2D eigenvalue weighted by Crippen LogP contribution is -2.05. The van der Waals surface area contributed by atoms with Crippen LogP contribution >= 0.6 is 38.9 Å². The largest absolute Gasteiger partial charge is 0.398 e. The summed E-state index contributed by atoms with van der Waals surface area (Å²) in [5.74, 6) is -0.0850. The van der Waals surface area contributed by atoms with Gasteiger partial charge in [-0.05, 0) is 40.5 Å². The third-order valence-corrected chi connectivity index (χ3v) is 4.87. The Bertz CT molecular complexity index is 554. The van der Waals surface area contributed by atoms with E-state index in [0.29, 0.717) is 20.5 Å². The van der Waals surface area contributed by atoms with Gasteiger partial charge in [-0.25, -0.2) is 0 Å². The van der Waals surface area contributed by atoms with Gasteiger partial charge >= 0.3 is 0 Å². The highest BCUT2D eigenvalue weighted by molar-refractivity contribution is 9.10. The maximum Gasteiger partial charge on any atom is 0.205 e. The van der Waals surface area contributed by atoms with Gasteiger partial charge in [-0.2, -0.15) is 0 Å². The lowest BCUT2D eigenvalue weighted by molar-refractivity contribution is 0.104. The number of hydrogen-bond donors (Lipinski definition) is 1. The van der Waals surface area contributed by atoms with Gasteiger partial charge in [-0.15, -0.1) is 11.3 Å². The average Bonchev–Trinajstić information content (AvgIpc) is 2.59. The fraction of sp³-hybridized carbons (Fsp3) is 0.0833. The maximum absolute atomic E-state index is 12.3. The number of halogens is 2. The van der Waals surface area contributed by atoms with Gasteiger partial charge in [0.2, 0.25) is 5.78 Å². The lowest BCUT2D eigenvalue weighted by atomic mass is 10.0. The second-order valence-corrected chi connectivity index (χ2v) is 6.11. The van der Waals surface area contributed by atoms with Gasteiger partial charge in [-0.1, -0.05) is 23.7 Å². The Morgan fingerprint density at radius 3 is 2.71 bits per heavy atom. The van der Waals surface area contributed by atoms with Gasteiger partial charge in [0.1, 0.15) is 4.34 Å². The van der Waals surface area contributed by atoms with Crippen molar-refractivity contribution in [2.45, 2.75) is 6.92 Å². The van der Waals surface area contributed by atoms with Gasteiger partial charge < -0.3 is 5.73 Å². The summed E-state index contributed by atoms with van der Waals surface area (Å²) in [5.41, 5.74) is 7.76. The maximum atomic E-state index is 12.3. The molecular weight excluding hydrogens is 322 g/mol. The molecule has 0 saturated heterocycles. The zero-order valence-corrected chi connectivity index (χ0v) is 12.1. The van der Waals surface area contributed by atoms with Gasteiger partial charge in [0.15, 0.2) is 0 Å². The smallest absolute Gasteiger partial charge is 0.205 e. The fourth-order valence-corrected chi connectivity index (χ4v) is 3.23. The van der Waals surface area contributed by atoms with E-state index in [4.69, 9.17) is 17.3 Å². The summed E-state index contributed by atoms with van der Waals surface area (Å²) in [5, 5.41) is 0. The molecule has 0 atom stereocenters. The molecule has 2 N–H and O–H groups in total. The molecule has 5 heteroatoms. The number of hydrogen-bond acceptors (Lipinski definition) is 3. The summed E-state index contributed by atoms with van der Waals surface area (Å²) in [7, 11) is 0. The highest BCUT2D eigenvalue weighted by atomic mass is 79.9. The molecule has 0 bridgehead atoms. The molecule has 0 aliphatic heterocycles. The van der Waals surface area contributed by atoms with E-state index >= 15 is 0 Å². The van der Waals surface area contributed by atoms with E-state index in [0.717, 1.165) is 10.0 Å².